The van der Waals surface area contributed by atoms with Gasteiger partial charge in [-0.1, -0.05) is 24.3 Å². The number of carbonyl (C=O) groups is 1. The zero-order valence-electron chi connectivity index (χ0n) is 15.8. The zero-order chi connectivity index (χ0) is 19.9. The first-order chi connectivity index (χ1) is 13.7. The van der Waals surface area contributed by atoms with Crippen LogP contribution in [-0.4, -0.2) is 31.7 Å². The number of fused-ring (bicyclic) bond motifs is 1. The molecule has 0 radical (unpaired) electrons. The van der Waals surface area contributed by atoms with Gasteiger partial charge in [-0.2, -0.15) is 5.26 Å². The van der Waals surface area contributed by atoms with Crippen molar-refractivity contribution < 1.29 is 14.3 Å². The highest BCUT2D eigenvalue weighted by Crippen LogP contribution is 2.27. The van der Waals surface area contributed by atoms with Crippen LogP contribution >= 0.6 is 0 Å². The third-order valence-electron chi connectivity index (χ3n) is 4.43. The maximum absolute atomic E-state index is 12.4. The number of benzene rings is 2. The third kappa shape index (κ3) is 4.15. The Kier molecular flexibility index (Phi) is 5.97. The lowest BCUT2D eigenvalue weighted by Crippen LogP contribution is -2.26. The summed E-state index contributed by atoms with van der Waals surface area (Å²) in [5.74, 6) is 0.903. The minimum atomic E-state index is -0.395. The van der Waals surface area contributed by atoms with E-state index >= 15 is 0 Å². The first kappa shape index (κ1) is 19.1. The van der Waals surface area contributed by atoms with Gasteiger partial charge in [-0.3, -0.25) is 4.79 Å². The Labute approximate surface area is 163 Å². The lowest BCUT2D eigenvalue weighted by atomic mass is 10.1. The number of nitriles is 1. The molecular formula is C22H21N3O3. The average Bonchev–Trinajstić information content (AvgIpc) is 3.14. The number of nitrogens with one attached hydrogen (secondary N) is 2. The fraction of sp³-hybridized carbons (Fsp3) is 0.182. The predicted molar refractivity (Wildman–Crippen MR) is 108 cm³/mol. The number of aromatic nitrogens is 1. The second kappa shape index (κ2) is 8.78. The number of methoxy groups -OCH3 is 2. The van der Waals surface area contributed by atoms with Gasteiger partial charge in [0.05, 0.1) is 14.2 Å². The first-order valence-corrected chi connectivity index (χ1v) is 8.83. The molecule has 3 rings (SSSR count). The lowest BCUT2D eigenvalue weighted by molar-refractivity contribution is -0.117. The van der Waals surface area contributed by atoms with E-state index in [1.807, 2.05) is 48.5 Å². The molecule has 2 aromatic carbocycles. The molecule has 2 N–H and O–H groups in total. The molecule has 1 aromatic heterocycles. The minimum Gasteiger partial charge on any atom is -0.493 e. The monoisotopic (exact) mass is 375 g/mol. The Morgan fingerprint density at radius 1 is 1.18 bits per heavy atom. The van der Waals surface area contributed by atoms with Gasteiger partial charge in [0.15, 0.2) is 11.5 Å². The van der Waals surface area contributed by atoms with Crippen LogP contribution in [0.3, 0.4) is 0 Å². The maximum Gasteiger partial charge on any atom is 0.261 e. The SMILES string of the molecule is COc1ccc(CCNC(=O)C(C#N)=Cc2c[nH]c3ccccc23)cc1OC. The molecule has 3 aromatic rings. The molecule has 1 amide bonds. The van der Waals surface area contributed by atoms with Crippen molar-refractivity contribution in [2.75, 3.05) is 20.8 Å². The van der Waals surface area contributed by atoms with Gasteiger partial charge in [-0.15, -0.1) is 0 Å². The average molecular weight is 375 g/mol. The molecule has 28 heavy (non-hydrogen) atoms. The van der Waals surface area contributed by atoms with Gasteiger partial charge < -0.3 is 19.8 Å². The van der Waals surface area contributed by atoms with Crippen molar-refractivity contribution in [1.82, 2.24) is 10.3 Å². The van der Waals surface area contributed by atoms with Crippen LogP contribution in [0.2, 0.25) is 0 Å². The van der Waals surface area contributed by atoms with E-state index in [1.165, 1.54) is 0 Å². The number of hydrogen-bond acceptors (Lipinski definition) is 4. The standard InChI is InChI=1S/C22H21N3O3/c1-27-20-8-7-15(11-21(20)28-2)9-10-24-22(26)16(13-23)12-17-14-25-19-6-4-3-5-18(17)19/h3-8,11-12,14,25H,9-10H2,1-2H3,(H,24,26). The van der Waals surface area contributed by atoms with Crippen LogP contribution in [0.4, 0.5) is 0 Å². The van der Waals surface area contributed by atoms with Crippen LogP contribution in [0.1, 0.15) is 11.1 Å². The number of H-pyrrole nitrogens is 1. The third-order valence-corrected chi connectivity index (χ3v) is 4.43. The summed E-state index contributed by atoms with van der Waals surface area (Å²) in [5.41, 5.74) is 2.83. The molecule has 0 fully saturated rings. The molecule has 0 unspecified atom stereocenters. The number of hydrogen-bond donors (Lipinski definition) is 2. The second-order valence-corrected chi connectivity index (χ2v) is 6.15. The summed E-state index contributed by atoms with van der Waals surface area (Å²) in [5, 5.41) is 13.2. The molecule has 142 valence electrons. The van der Waals surface area contributed by atoms with E-state index in [-0.39, 0.29) is 5.57 Å². The molecule has 6 heteroatoms. The number of rotatable bonds is 7. The van der Waals surface area contributed by atoms with Gasteiger partial charge in [0.25, 0.3) is 5.91 Å². The van der Waals surface area contributed by atoms with Gasteiger partial charge >= 0.3 is 0 Å². The van der Waals surface area contributed by atoms with Crippen molar-refractivity contribution in [2.24, 2.45) is 0 Å². The Balaban J connectivity index is 1.66. The quantitative estimate of drug-likeness (QED) is 0.489. The van der Waals surface area contributed by atoms with Crippen LogP contribution in [0.5, 0.6) is 11.5 Å². The molecule has 0 bridgehead atoms. The van der Waals surface area contributed by atoms with E-state index in [0.717, 1.165) is 22.0 Å². The van der Waals surface area contributed by atoms with Crippen LogP contribution in [0.15, 0.2) is 54.2 Å². The summed E-state index contributed by atoms with van der Waals surface area (Å²) in [7, 11) is 3.17. The fourth-order valence-corrected chi connectivity index (χ4v) is 2.97. The molecule has 0 saturated carbocycles. The normalized spacial score (nSPS) is 11.1. The summed E-state index contributed by atoms with van der Waals surface area (Å²) >= 11 is 0. The van der Waals surface area contributed by atoms with Crippen LogP contribution in [0.25, 0.3) is 17.0 Å². The molecule has 0 aliphatic carbocycles. The molecule has 1 heterocycles. The Morgan fingerprint density at radius 2 is 1.96 bits per heavy atom. The fourth-order valence-electron chi connectivity index (χ4n) is 2.97. The molecule has 0 aliphatic rings. The van der Waals surface area contributed by atoms with Gasteiger partial charge in [0.1, 0.15) is 11.6 Å². The number of para-hydroxylation sites is 1. The summed E-state index contributed by atoms with van der Waals surface area (Å²) in [6.07, 6.45) is 4.00. The maximum atomic E-state index is 12.4. The highest BCUT2D eigenvalue weighted by atomic mass is 16.5. The van der Waals surface area contributed by atoms with Crippen molar-refractivity contribution in [3.63, 3.8) is 0 Å². The van der Waals surface area contributed by atoms with E-state index in [0.29, 0.717) is 24.5 Å². The number of aromatic amines is 1. The van der Waals surface area contributed by atoms with Crippen molar-refractivity contribution in [3.8, 4) is 17.6 Å². The van der Waals surface area contributed by atoms with E-state index in [1.54, 1.807) is 26.5 Å². The van der Waals surface area contributed by atoms with Crippen molar-refractivity contribution in [2.45, 2.75) is 6.42 Å². The van der Waals surface area contributed by atoms with Crippen molar-refractivity contribution in [1.29, 1.82) is 5.26 Å². The van der Waals surface area contributed by atoms with Crippen LogP contribution < -0.4 is 14.8 Å². The molecular weight excluding hydrogens is 354 g/mol. The minimum absolute atomic E-state index is 0.0667. The lowest BCUT2D eigenvalue weighted by Gasteiger charge is -2.10. The molecule has 0 saturated heterocycles. The molecule has 0 atom stereocenters. The van der Waals surface area contributed by atoms with Gasteiger partial charge in [0.2, 0.25) is 0 Å². The molecule has 0 spiro atoms. The number of nitrogens with zero attached hydrogens (tertiary/aromatic N) is 1. The van der Waals surface area contributed by atoms with E-state index in [2.05, 4.69) is 10.3 Å². The highest BCUT2D eigenvalue weighted by Gasteiger charge is 2.11. The van der Waals surface area contributed by atoms with E-state index in [9.17, 15) is 10.1 Å². The number of carbonyl (C=O) groups excluding carboxylic acids is 1. The van der Waals surface area contributed by atoms with Crippen LogP contribution in [-0.2, 0) is 11.2 Å². The van der Waals surface area contributed by atoms with E-state index in [4.69, 9.17) is 9.47 Å². The summed E-state index contributed by atoms with van der Waals surface area (Å²) < 4.78 is 10.5. The topological polar surface area (TPSA) is 87.1 Å². The molecule has 6 nitrogen and oxygen atoms in total. The van der Waals surface area contributed by atoms with Gasteiger partial charge in [0, 0.05) is 29.2 Å². The Morgan fingerprint density at radius 3 is 2.71 bits per heavy atom. The van der Waals surface area contributed by atoms with E-state index < -0.39 is 5.91 Å². The first-order valence-electron chi connectivity index (χ1n) is 8.83. The Hall–Kier alpha value is -3.72. The van der Waals surface area contributed by atoms with Crippen molar-refractivity contribution >= 4 is 22.9 Å². The second-order valence-electron chi connectivity index (χ2n) is 6.15. The van der Waals surface area contributed by atoms with Crippen molar-refractivity contribution in [3.05, 3.63) is 65.4 Å². The smallest absolute Gasteiger partial charge is 0.261 e. The summed E-state index contributed by atoms with van der Waals surface area (Å²) in [6.45, 7) is 0.404. The van der Waals surface area contributed by atoms with Gasteiger partial charge in [-0.25, -0.2) is 0 Å². The predicted octanol–water partition coefficient (Wildman–Crippen LogP) is 3.45. The summed E-state index contributed by atoms with van der Waals surface area (Å²) in [4.78, 5) is 15.5. The number of ether oxygens (including phenoxy) is 2. The summed E-state index contributed by atoms with van der Waals surface area (Å²) in [6, 6.07) is 15.3. The Bertz CT molecular complexity index is 1060. The highest BCUT2D eigenvalue weighted by molar-refractivity contribution is 6.03. The molecule has 0 aliphatic heterocycles. The van der Waals surface area contributed by atoms with Crippen LogP contribution in [0, 0.1) is 11.3 Å². The number of amides is 1. The van der Waals surface area contributed by atoms with Gasteiger partial charge in [-0.05, 0) is 36.3 Å². The largest absolute Gasteiger partial charge is 0.493 e. The zero-order valence-corrected chi connectivity index (χ0v) is 15.8.